The molecule has 0 amide bonds. The van der Waals surface area contributed by atoms with Gasteiger partial charge in [-0.05, 0) is 28.5 Å². The van der Waals surface area contributed by atoms with E-state index in [4.69, 9.17) is 0 Å². The molecule has 0 heterocycles. The molecule has 2 aromatic rings. The number of carbonyl (C=O) groups is 1. The van der Waals surface area contributed by atoms with Crippen molar-refractivity contribution >= 4 is 22.6 Å². The molecule has 2 heteroatoms. The van der Waals surface area contributed by atoms with Gasteiger partial charge in [-0.25, -0.2) is 0 Å². The summed E-state index contributed by atoms with van der Waals surface area (Å²) in [5.41, 5.74) is 1.67. The van der Waals surface area contributed by atoms with Gasteiger partial charge in [0.2, 0.25) is 0 Å². The summed E-state index contributed by atoms with van der Waals surface area (Å²) in [6.45, 7) is 1.89. The number of allylic oxidation sites excluding steroid dienone is 1. The molecular formula is C15H12O2. The van der Waals surface area contributed by atoms with Crippen molar-refractivity contribution in [2.75, 3.05) is 0 Å². The lowest BCUT2D eigenvalue weighted by Crippen LogP contribution is -2.14. The summed E-state index contributed by atoms with van der Waals surface area (Å²) >= 11 is 0. The summed E-state index contributed by atoms with van der Waals surface area (Å²) in [6, 6.07) is 9.07. The third-order valence-electron chi connectivity index (χ3n) is 3.26. The van der Waals surface area contributed by atoms with Crippen molar-refractivity contribution in [3.63, 3.8) is 0 Å². The number of hydrogen-bond donors (Lipinski definition) is 1. The van der Waals surface area contributed by atoms with Gasteiger partial charge < -0.3 is 5.11 Å². The monoisotopic (exact) mass is 224 g/mol. The van der Waals surface area contributed by atoms with Gasteiger partial charge in [0.15, 0.2) is 5.78 Å². The Balaban J connectivity index is 2.42. The smallest absolute Gasteiger partial charge is 0.170 e. The van der Waals surface area contributed by atoms with Crippen molar-refractivity contribution in [1.29, 1.82) is 0 Å². The Hall–Kier alpha value is -2.09. The molecule has 0 saturated heterocycles. The molecule has 0 aliphatic heterocycles. The van der Waals surface area contributed by atoms with Gasteiger partial charge in [-0.1, -0.05) is 37.3 Å². The number of hydrogen-bond acceptors (Lipinski definition) is 2. The minimum Gasteiger partial charge on any atom is -0.508 e. The number of aromatic hydroxyl groups is 1. The summed E-state index contributed by atoms with van der Waals surface area (Å²) in [5.74, 6) is 0.232. The molecule has 0 spiro atoms. The van der Waals surface area contributed by atoms with Crippen molar-refractivity contribution in [2.45, 2.75) is 6.92 Å². The molecule has 1 unspecified atom stereocenters. The molecule has 2 aromatic carbocycles. The number of ketones is 1. The predicted molar refractivity (Wildman–Crippen MR) is 68.1 cm³/mol. The maximum Gasteiger partial charge on any atom is 0.170 e. The Bertz CT molecular complexity index is 653. The van der Waals surface area contributed by atoms with Gasteiger partial charge in [-0.15, -0.1) is 0 Å². The zero-order valence-electron chi connectivity index (χ0n) is 9.47. The van der Waals surface area contributed by atoms with Crippen LogP contribution in [-0.2, 0) is 0 Å². The van der Waals surface area contributed by atoms with E-state index in [-0.39, 0.29) is 17.5 Å². The van der Waals surface area contributed by atoms with Crippen LogP contribution in [0.3, 0.4) is 0 Å². The Labute approximate surface area is 99.2 Å². The van der Waals surface area contributed by atoms with Crippen molar-refractivity contribution in [3.8, 4) is 5.75 Å². The first kappa shape index (κ1) is 10.1. The van der Waals surface area contributed by atoms with E-state index in [9.17, 15) is 9.90 Å². The largest absolute Gasteiger partial charge is 0.508 e. The van der Waals surface area contributed by atoms with Crippen LogP contribution in [0.1, 0.15) is 22.8 Å². The number of phenolic OH excluding ortho intramolecular Hbond substituents is 1. The molecule has 1 N–H and O–H groups in total. The van der Waals surface area contributed by atoms with Crippen LogP contribution in [-0.4, -0.2) is 10.9 Å². The number of phenols is 1. The van der Waals surface area contributed by atoms with Crippen LogP contribution < -0.4 is 0 Å². The van der Waals surface area contributed by atoms with E-state index >= 15 is 0 Å². The van der Waals surface area contributed by atoms with Crippen molar-refractivity contribution < 1.29 is 9.90 Å². The van der Waals surface area contributed by atoms with Crippen LogP contribution in [0.4, 0.5) is 0 Å². The number of Topliss-reactive ketones (excluding diaryl/α,β-unsaturated/α-hetero) is 1. The van der Waals surface area contributed by atoms with Crippen LogP contribution in [0.2, 0.25) is 0 Å². The van der Waals surface area contributed by atoms with Gasteiger partial charge in [0, 0.05) is 11.5 Å². The Kier molecular flexibility index (Phi) is 2.05. The predicted octanol–water partition coefficient (Wildman–Crippen LogP) is 3.39. The molecular weight excluding hydrogens is 212 g/mol. The number of benzene rings is 2. The highest BCUT2D eigenvalue weighted by molar-refractivity contribution is 6.14. The fourth-order valence-electron chi connectivity index (χ4n) is 2.30. The van der Waals surface area contributed by atoms with E-state index in [0.717, 1.165) is 21.9 Å². The molecule has 0 bridgehead atoms. The topological polar surface area (TPSA) is 37.3 Å². The van der Waals surface area contributed by atoms with E-state index in [1.54, 1.807) is 12.1 Å². The van der Waals surface area contributed by atoms with E-state index in [0.29, 0.717) is 0 Å². The van der Waals surface area contributed by atoms with Gasteiger partial charge in [-0.3, -0.25) is 4.79 Å². The molecule has 0 saturated carbocycles. The number of rotatable bonds is 0. The zero-order valence-corrected chi connectivity index (χ0v) is 9.47. The maximum absolute atomic E-state index is 12.2. The van der Waals surface area contributed by atoms with Crippen LogP contribution in [0.5, 0.6) is 5.75 Å². The van der Waals surface area contributed by atoms with Crippen LogP contribution in [0, 0.1) is 5.92 Å². The number of carbonyl (C=O) groups excluding carboxylic acids is 1. The van der Waals surface area contributed by atoms with Gasteiger partial charge in [0.05, 0.1) is 0 Å². The van der Waals surface area contributed by atoms with Crippen molar-refractivity contribution in [1.82, 2.24) is 0 Å². The normalized spacial score (nSPS) is 18.4. The number of fused-ring (bicyclic) bond motifs is 3. The SMILES string of the molecule is CC1C=Cc2ccc3ccc(O)cc3c2C1=O. The standard InChI is InChI=1S/C15H12O2/c1-9-2-3-11-5-4-10-6-7-12(16)8-13(10)14(11)15(9)17/h2-9,16H,1H3. The van der Waals surface area contributed by atoms with E-state index < -0.39 is 0 Å². The lowest BCUT2D eigenvalue weighted by atomic mass is 9.86. The fourth-order valence-corrected chi connectivity index (χ4v) is 2.30. The molecule has 2 nitrogen and oxygen atoms in total. The first-order valence-electron chi connectivity index (χ1n) is 5.65. The zero-order chi connectivity index (χ0) is 12.0. The molecule has 17 heavy (non-hydrogen) atoms. The highest BCUT2D eigenvalue weighted by Gasteiger charge is 2.22. The summed E-state index contributed by atoms with van der Waals surface area (Å²) in [4.78, 5) is 12.2. The molecule has 0 radical (unpaired) electrons. The van der Waals surface area contributed by atoms with Crippen molar-refractivity contribution in [3.05, 3.63) is 47.5 Å². The molecule has 1 aliphatic carbocycles. The minimum absolute atomic E-state index is 0.0875. The average Bonchev–Trinajstić information content (AvgIpc) is 2.33. The van der Waals surface area contributed by atoms with Gasteiger partial charge in [0.25, 0.3) is 0 Å². The van der Waals surface area contributed by atoms with E-state index in [1.807, 2.05) is 37.3 Å². The van der Waals surface area contributed by atoms with Crippen LogP contribution in [0.25, 0.3) is 16.8 Å². The molecule has 3 rings (SSSR count). The highest BCUT2D eigenvalue weighted by Crippen LogP contribution is 2.31. The lowest BCUT2D eigenvalue weighted by molar-refractivity contribution is 0.0953. The van der Waals surface area contributed by atoms with Gasteiger partial charge >= 0.3 is 0 Å². The third-order valence-corrected chi connectivity index (χ3v) is 3.26. The Morgan fingerprint density at radius 2 is 1.94 bits per heavy atom. The fraction of sp³-hybridized carbons (Fsp3) is 0.133. The molecule has 0 fully saturated rings. The second-order valence-corrected chi connectivity index (χ2v) is 4.45. The van der Waals surface area contributed by atoms with Crippen LogP contribution >= 0.6 is 0 Å². The second-order valence-electron chi connectivity index (χ2n) is 4.45. The first-order chi connectivity index (χ1) is 8.16. The second kappa shape index (κ2) is 3.45. The minimum atomic E-state index is -0.0875. The Morgan fingerprint density at radius 3 is 2.76 bits per heavy atom. The molecule has 0 aromatic heterocycles. The first-order valence-corrected chi connectivity index (χ1v) is 5.65. The summed E-state index contributed by atoms with van der Waals surface area (Å²) < 4.78 is 0. The lowest BCUT2D eigenvalue weighted by Gasteiger charge is -2.17. The van der Waals surface area contributed by atoms with Crippen LogP contribution in [0.15, 0.2) is 36.4 Å². The molecule has 84 valence electrons. The summed E-state index contributed by atoms with van der Waals surface area (Å²) in [5, 5.41) is 11.4. The van der Waals surface area contributed by atoms with E-state index in [1.165, 1.54) is 0 Å². The maximum atomic E-state index is 12.2. The average molecular weight is 224 g/mol. The highest BCUT2D eigenvalue weighted by atomic mass is 16.3. The van der Waals surface area contributed by atoms with Gasteiger partial charge in [0.1, 0.15) is 5.75 Å². The van der Waals surface area contributed by atoms with Gasteiger partial charge in [-0.2, -0.15) is 0 Å². The third kappa shape index (κ3) is 1.45. The van der Waals surface area contributed by atoms with E-state index in [2.05, 4.69) is 0 Å². The summed E-state index contributed by atoms with van der Waals surface area (Å²) in [7, 11) is 0. The summed E-state index contributed by atoms with van der Waals surface area (Å²) in [6.07, 6.45) is 3.89. The molecule has 1 atom stereocenters. The Morgan fingerprint density at radius 1 is 1.18 bits per heavy atom. The quantitative estimate of drug-likeness (QED) is 0.744. The molecule has 1 aliphatic rings. The van der Waals surface area contributed by atoms with Crippen molar-refractivity contribution in [2.24, 2.45) is 5.92 Å².